The average molecular weight is 153 g/mol. The minimum atomic E-state index is -0.779. The van der Waals surface area contributed by atoms with E-state index in [0.29, 0.717) is 5.92 Å². The van der Waals surface area contributed by atoms with Gasteiger partial charge < -0.3 is 10.8 Å². The van der Waals surface area contributed by atoms with Gasteiger partial charge in [0.05, 0.1) is 0 Å². The van der Waals surface area contributed by atoms with Crippen molar-refractivity contribution in [3.63, 3.8) is 0 Å². The lowest BCUT2D eigenvalue weighted by molar-refractivity contribution is 0.0515. The third-order valence-electron chi connectivity index (χ3n) is 2.58. The fourth-order valence-electron chi connectivity index (χ4n) is 1.22. The summed E-state index contributed by atoms with van der Waals surface area (Å²) in [5.74, 6) is 0.299. The molecule has 3 atom stereocenters. The highest BCUT2D eigenvalue weighted by Gasteiger charge is 2.33. The quantitative estimate of drug-likeness (QED) is 0.553. The highest BCUT2D eigenvalue weighted by molar-refractivity contribution is 5.19. The summed E-state index contributed by atoms with van der Waals surface area (Å²) in [7, 11) is 0. The van der Waals surface area contributed by atoms with Crippen LogP contribution in [-0.4, -0.2) is 11.3 Å². The molecule has 0 amide bonds. The first-order valence-corrected chi connectivity index (χ1v) is 3.87. The summed E-state index contributed by atoms with van der Waals surface area (Å²) >= 11 is 0. The van der Waals surface area contributed by atoms with Gasteiger partial charge in [-0.25, -0.2) is 0 Å². The molecule has 0 saturated carbocycles. The van der Waals surface area contributed by atoms with Crippen molar-refractivity contribution in [3.8, 4) is 0 Å². The number of aliphatic hydroxyl groups is 1. The van der Waals surface area contributed by atoms with Gasteiger partial charge in [0.2, 0.25) is 0 Å². The lowest BCUT2D eigenvalue weighted by atomic mass is 9.74. The molecule has 0 radical (unpaired) electrons. The Morgan fingerprint density at radius 2 is 2.18 bits per heavy atom. The molecule has 0 saturated heterocycles. The van der Waals surface area contributed by atoms with Crippen molar-refractivity contribution >= 4 is 0 Å². The van der Waals surface area contributed by atoms with Gasteiger partial charge in [0, 0.05) is 5.41 Å². The third-order valence-corrected chi connectivity index (χ3v) is 2.58. The van der Waals surface area contributed by atoms with E-state index in [1.807, 2.05) is 25.2 Å². The molecule has 11 heavy (non-hydrogen) atoms. The van der Waals surface area contributed by atoms with Gasteiger partial charge in [0.25, 0.3) is 0 Å². The average Bonchev–Trinajstić information content (AvgIpc) is 1.95. The Hall–Kier alpha value is -0.600. The summed E-state index contributed by atoms with van der Waals surface area (Å²) in [5.41, 5.74) is 5.17. The fourth-order valence-corrected chi connectivity index (χ4v) is 1.22. The van der Waals surface area contributed by atoms with E-state index in [-0.39, 0.29) is 5.41 Å². The first-order chi connectivity index (χ1) is 5.07. The van der Waals surface area contributed by atoms with Crippen molar-refractivity contribution in [1.82, 2.24) is 0 Å². The minimum Gasteiger partial charge on any atom is -0.378 e. The van der Waals surface area contributed by atoms with E-state index >= 15 is 0 Å². The molecule has 1 aliphatic rings. The molecule has 3 N–H and O–H groups in total. The zero-order chi connectivity index (χ0) is 8.48. The summed E-state index contributed by atoms with van der Waals surface area (Å²) in [5, 5.41) is 9.30. The molecule has 0 spiro atoms. The van der Waals surface area contributed by atoms with Crippen LogP contribution in [0.4, 0.5) is 0 Å². The van der Waals surface area contributed by atoms with Crippen LogP contribution < -0.4 is 5.73 Å². The van der Waals surface area contributed by atoms with Gasteiger partial charge in [-0.05, 0) is 5.92 Å². The second kappa shape index (κ2) is 2.80. The van der Waals surface area contributed by atoms with Gasteiger partial charge in [0.1, 0.15) is 6.23 Å². The Balaban J connectivity index is 2.85. The van der Waals surface area contributed by atoms with Crippen LogP contribution in [0.5, 0.6) is 0 Å². The smallest absolute Gasteiger partial charge is 0.111 e. The lowest BCUT2D eigenvalue weighted by Gasteiger charge is -2.35. The van der Waals surface area contributed by atoms with Crippen molar-refractivity contribution in [3.05, 3.63) is 24.3 Å². The second-order valence-electron chi connectivity index (χ2n) is 3.34. The van der Waals surface area contributed by atoms with Crippen LogP contribution in [0.1, 0.15) is 13.8 Å². The maximum atomic E-state index is 9.30. The Morgan fingerprint density at radius 1 is 1.55 bits per heavy atom. The van der Waals surface area contributed by atoms with E-state index in [0.717, 1.165) is 0 Å². The van der Waals surface area contributed by atoms with Crippen molar-refractivity contribution < 1.29 is 5.11 Å². The van der Waals surface area contributed by atoms with Gasteiger partial charge in [-0.3, -0.25) is 0 Å². The van der Waals surface area contributed by atoms with Gasteiger partial charge in [-0.1, -0.05) is 38.2 Å². The van der Waals surface area contributed by atoms with Gasteiger partial charge >= 0.3 is 0 Å². The van der Waals surface area contributed by atoms with Crippen molar-refractivity contribution in [1.29, 1.82) is 0 Å². The number of hydrogen-bond donors (Lipinski definition) is 2. The summed E-state index contributed by atoms with van der Waals surface area (Å²) in [6, 6.07) is 0. The Kier molecular flexibility index (Phi) is 2.16. The van der Waals surface area contributed by atoms with Crippen molar-refractivity contribution in [2.24, 2.45) is 17.1 Å². The van der Waals surface area contributed by atoms with E-state index in [1.165, 1.54) is 0 Å². The predicted molar refractivity (Wildman–Crippen MR) is 45.7 cm³/mol. The molecule has 0 aromatic carbocycles. The SMILES string of the molecule is C[C@@H]1C=CC=C[C@]1(C)[C@@H](N)O. The predicted octanol–water partition coefficient (Wildman–Crippen LogP) is 1.03. The molecule has 0 heterocycles. The van der Waals surface area contributed by atoms with Crippen LogP contribution in [0, 0.1) is 11.3 Å². The molecule has 0 aliphatic heterocycles. The van der Waals surface area contributed by atoms with Crippen LogP contribution in [0.15, 0.2) is 24.3 Å². The van der Waals surface area contributed by atoms with Gasteiger partial charge in [-0.15, -0.1) is 0 Å². The van der Waals surface area contributed by atoms with Crippen LogP contribution in [0.25, 0.3) is 0 Å². The molecule has 0 aromatic heterocycles. The number of aliphatic hydroxyl groups excluding tert-OH is 1. The number of nitrogens with two attached hydrogens (primary N) is 1. The molecule has 1 rings (SSSR count). The van der Waals surface area contributed by atoms with E-state index in [9.17, 15) is 5.11 Å². The fraction of sp³-hybridized carbons (Fsp3) is 0.556. The summed E-state index contributed by atoms with van der Waals surface area (Å²) < 4.78 is 0. The van der Waals surface area contributed by atoms with Crippen LogP contribution in [0.2, 0.25) is 0 Å². The first-order valence-electron chi connectivity index (χ1n) is 3.87. The molecule has 0 fully saturated rings. The van der Waals surface area contributed by atoms with E-state index < -0.39 is 6.23 Å². The maximum absolute atomic E-state index is 9.30. The zero-order valence-corrected chi connectivity index (χ0v) is 6.99. The van der Waals surface area contributed by atoms with Gasteiger partial charge in [-0.2, -0.15) is 0 Å². The monoisotopic (exact) mass is 153 g/mol. The molecule has 0 aromatic rings. The Labute approximate surface area is 67.4 Å². The highest BCUT2D eigenvalue weighted by atomic mass is 16.3. The third kappa shape index (κ3) is 1.37. The summed E-state index contributed by atoms with van der Waals surface area (Å²) in [6.45, 7) is 4.01. The lowest BCUT2D eigenvalue weighted by Crippen LogP contribution is -2.42. The number of allylic oxidation sites excluding steroid dienone is 3. The molecule has 0 bridgehead atoms. The van der Waals surface area contributed by atoms with Gasteiger partial charge in [0.15, 0.2) is 0 Å². The molecule has 1 aliphatic carbocycles. The molecule has 2 heteroatoms. The molecular formula is C9H15NO. The highest BCUT2D eigenvalue weighted by Crippen LogP contribution is 2.34. The van der Waals surface area contributed by atoms with Crippen LogP contribution >= 0.6 is 0 Å². The maximum Gasteiger partial charge on any atom is 0.111 e. The van der Waals surface area contributed by atoms with Crippen LogP contribution in [0.3, 0.4) is 0 Å². The first kappa shape index (κ1) is 8.50. The van der Waals surface area contributed by atoms with Crippen molar-refractivity contribution in [2.75, 3.05) is 0 Å². The van der Waals surface area contributed by atoms with E-state index in [4.69, 9.17) is 5.73 Å². The van der Waals surface area contributed by atoms with Crippen LogP contribution in [-0.2, 0) is 0 Å². The Morgan fingerprint density at radius 3 is 2.55 bits per heavy atom. The largest absolute Gasteiger partial charge is 0.378 e. The van der Waals surface area contributed by atoms with E-state index in [2.05, 4.69) is 13.0 Å². The standard InChI is InChI=1S/C9H15NO/c1-7-5-3-4-6-9(7,2)8(10)11/h3-8,11H,10H2,1-2H3/t7-,8+,9+/m1/s1. The zero-order valence-electron chi connectivity index (χ0n) is 6.99. The molecule has 62 valence electrons. The molecule has 2 nitrogen and oxygen atoms in total. The topological polar surface area (TPSA) is 46.2 Å². The Bertz CT molecular complexity index is 196. The second-order valence-corrected chi connectivity index (χ2v) is 3.34. The summed E-state index contributed by atoms with van der Waals surface area (Å²) in [4.78, 5) is 0. The molecule has 0 unspecified atom stereocenters. The normalized spacial score (nSPS) is 39.1. The summed E-state index contributed by atoms with van der Waals surface area (Å²) in [6.07, 6.45) is 7.14. The van der Waals surface area contributed by atoms with E-state index in [1.54, 1.807) is 0 Å². The number of rotatable bonds is 1. The number of hydrogen-bond acceptors (Lipinski definition) is 2. The molecular weight excluding hydrogens is 138 g/mol. The minimum absolute atomic E-state index is 0.297. The van der Waals surface area contributed by atoms with Crippen molar-refractivity contribution in [2.45, 2.75) is 20.1 Å².